The molecule has 0 spiro atoms. The summed E-state index contributed by atoms with van der Waals surface area (Å²) in [5.41, 5.74) is 4.24. The van der Waals surface area contributed by atoms with Crippen LogP contribution < -0.4 is 10.1 Å². The number of rotatable bonds is 9. The Morgan fingerprint density at radius 1 is 1.05 bits per heavy atom. The molecule has 1 amide bonds. The first-order valence-electron chi connectivity index (χ1n) is 15.1. The summed E-state index contributed by atoms with van der Waals surface area (Å²) in [5.74, 6) is 2.71. The van der Waals surface area contributed by atoms with Crippen LogP contribution in [-0.2, 0) is 16.1 Å². The molecule has 2 fully saturated rings. The van der Waals surface area contributed by atoms with Gasteiger partial charge in [0.2, 0.25) is 5.95 Å². The summed E-state index contributed by atoms with van der Waals surface area (Å²) >= 11 is 0. The number of carbonyl (C=O) groups excluding carboxylic acids is 1. The van der Waals surface area contributed by atoms with Crippen LogP contribution >= 0.6 is 0 Å². The number of hydrogen-bond acceptors (Lipinski definition) is 7. The number of benzene rings is 2. The van der Waals surface area contributed by atoms with Gasteiger partial charge >= 0.3 is 0 Å². The number of carbonyl (C=O) groups is 1. The minimum absolute atomic E-state index is 0.0806. The van der Waals surface area contributed by atoms with Crippen LogP contribution in [0.4, 0.5) is 5.95 Å². The number of anilines is 1. The second-order valence-corrected chi connectivity index (χ2v) is 12.0. The molecule has 1 aliphatic carbocycles. The van der Waals surface area contributed by atoms with Gasteiger partial charge in [-0.3, -0.25) is 14.7 Å². The average Bonchev–Trinajstić information content (AvgIpc) is 3.54. The first-order valence-corrected chi connectivity index (χ1v) is 15.1. The van der Waals surface area contributed by atoms with Crippen LogP contribution in [0.15, 0.2) is 65.9 Å². The second-order valence-electron chi connectivity index (χ2n) is 12.0. The number of nitrogens with one attached hydrogen (secondary N) is 1. The Morgan fingerprint density at radius 2 is 1.83 bits per heavy atom. The molecule has 4 aliphatic rings. The maximum atomic E-state index is 12.8. The highest BCUT2D eigenvalue weighted by Crippen LogP contribution is 2.43. The Labute approximate surface area is 246 Å². The molecule has 1 N–H and O–H groups in total. The van der Waals surface area contributed by atoms with Gasteiger partial charge in [-0.2, -0.15) is 0 Å². The number of aliphatic imine (C=N–C) groups is 1. The Kier molecular flexibility index (Phi) is 7.07. The minimum atomic E-state index is -0.218. The highest BCUT2D eigenvalue weighted by Gasteiger charge is 2.36. The van der Waals surface area contributed by atoms with Gasteiger partial charge in [0.25, 0.3) is 5.91 Å². The fourth-order valence-corrected chi connectivity index (χ4v) is 6.32. The van der Waals surface area contributed by atoms with Crippen molar-refractivity contribution in [3.63, 3.8) is 0 Å². The van der Waals surface area contributed by atoms with E-state index in [-0.39, 0.29) is 24.0 Å². The smallest absolute Gasteiger partial charge is 0.272 e. The second kappa shape index (κ2) is 11.0. The molecule has 3 aromatic rings. The van der Waals surface area contributed by atoms with Crippen molar-refractivity contribution in [2.75, 3.05) is 38.5 Å². The van der Waals surface area contributed by atoms with Crippen molar-refractivity contribution in [1.29, 1.82) is 0 Å². The molecule has 4 heterocycles. The number of nitrogens with zero attached hydrogens (tertiary/aromatic N) is 5. The van der Waals surface area contributed by atoms with Crippen LogP contribution in [0.1, 0.15) is 32.3 Å². The van der Waals surface area contributed by atoms with Gasteiger partial charge in [-0.15, -0.1) is 0 Å². The molecule has 1 saturated carbocycles. The van der Waals surface area contributed by atoms with Crippen molar-refractivity contribution in [2.45, 2.75) is 45.4 Å². The van der Waals surface area contributed by atoms with E-state index < -0.39 is 0 Å². The predicted molar refractivity (Wildman–Crippen MR) is 165 cm³/mol. The molecular weight excluding hydrogens is 528 g/mol. The molecule has 42 heavy (non-hydrogen) atoms. The van der Waals surface area contributed by atoms with Crippen LogP contribution in [-0.4, -0.2) is 76.4 Å². The zero-order valence-corrected chi connectivity index (χ0v) is 24.5. The highest BCUT2D eigenvalue weighted by molar-refractivity contribution is 6.44. The van der Waals surface area contributed by atoms with Gasteiger partial charge in [-0.1, -0.05) is 24.3 Å². The van der Waals surface area contributed by atoms with Crippen molar-refractivity contribution in [2.24, 2.45) is 16.8 Å². The molecule has 3 atom stereocenters. The maximum Gasteiger partial charge on any atom is 0.272 e. The van der Waals surface area contributed by atoms with Gasteiger partial charge in [0.15, 0.2) is 5.75 Å². The fraction of sp³-hybridized carbons (Fsp3) is 0.424. The van der Waals surface area contributed by atoms with Crippen molar-refractivity contribution in [3.8, 4) is 11.5 Å². The standard InChI is InChI=1S/C33H38N6O3/c1-21-18-38(19-22(2)41-21)15-16-39-28-12-11-26(27-20-37(3)32(40)29-25(27)13-14-34-29)31(42-24-7-5-4-6-8-24)30(28)36-33(39)35-17-23-9-10-23/h4-8,11-14,20-23,25H,9-10,15-19H2,1-3H3,(H,35,36)/t21-,22+,25?. The molecule has 218 valence electrons. The predicted octanol–water partition coefficient (Wildman–Crippen LogP) is 5.16. The van der Waals surface area contributed by atoms with E-state index >= 15 is 0 Å². The van der Waals surface area contributed by atoms with Crippen molar-refractivity contribution < 1.29 is 14.3 Å². The summed E-state index contributed by atoms with van der Waals surface area (Å²) in [4.78, 5) is 26.5. The van der Waals surface area contributed by atoms with Crippen molar-refractivity contribution >= 4 is 34.2 Å². The minimum Gasteiger partial charge on any atom is -0.454 e. The third kappa shape index (κ3) is 5.23. The Balaban J connectivity index is 1.32. The van der Waals surface area contributed by atoms with E-state index in [1.807, 2.05) is 42.6 Å². The van der Waals surface area contributed by atoms with E-state index in [4.69, 9.17) is 14.5 Å². The van der Waals surface area contributed by atoms with Gasteiger partial charge in [0.1, 0.15) is 17.0 Å². The lowest BCUT2D eigenvalue weighted by molar-refractivity contribution is -0.121. The monoisotopic (exact) mass is 566 g/mol. The van der Waals surface area contributed by atoms with Gasteiger partial charge < -0.3 is 24.3 Å². The number of aromatic nitrogens is 2. The largest absolute Gasteiger partial charge is 0.454 e. The lowest BCUT2D eigenvalue weighted by Gasteiger charge is -2.35. The molecule has 7 rings (SSSR count). The fourth-order valence-electron chi connectivity index (χ4n) is 6.32. The lowest BCUT2D eigenvalue weighted by atomic mass is 9.86. The number of para-hydroxylation sites is 1. The van der Waals surface area contributed by atoms with Gasteiger partial charge in [-0.25, -0.2) is 4.98 Å². The summed E-state index contributed by atoms with van der Waals surface area (Å²) in [7, 11) is 1.78. The molecule has 1 unspecified atom stereocenters. The average molecular weight is 567 g/mol. The van der Waals surface area contributed by atoms with Crippen LogP contribution in [0.25, 0.3) is 16.6 Å². The first-order chi connectivity index (χ1) is 20.4. The van der Waals surface area contributed by atoms with Crippen LogP contribution in [0.2, 0.25) is 0 Å². The lowest BCUT2D eigenvalue weighted by Crippen LogP contribution is -2.46. The number of fused-ring (bicyclic) bond motifs is 2. The van der Waals surface area contributed by atoms with E-state index in [1.165, 1.54) is 12.8 Å². The zero-order chi connectivity index (χ0) is 28.8. The van der Waals surface area contributed by atoms with Crippen molar-refractivity contribution in [1.82, 2.24) is 19.4 Å². The molecule has 3 aliphatic heterocycles. The Morgan fingerprint density at radius 3 is 2.60 bits per heavy atom. The quantitative estimate of drug-likeness (QED) is 0.385. The van der Waals surface area contributed by atoms with Gasteiger partial charge in [0, 0.05) is 57.7 Å². The van der Waals surface area contributed by atoms with Crippen LogP contribution in [0, 0.1) is 11.8 Å². The van der Waals surface area contributed by atoms with Crippen molar-refractivity contribution in [3.05, 3.63) is 66.5 Å². The molecular formula is C33H38N6O3. The molecule has 0 bridgehead atoms. The van der Waals surface area contributed by atoms with E-state index in [1.54, 1.807) is 18.1 Å². The molecule has 1 aromatic heterocycles. The third-order valence-electron chi connectivity index (χ3n) is 8.52. The summed E-state index contributed by atoms with van der Waals surface area (Å²) in [6.07, 6.45) is 8.59. The Hall–Kier alpha value is -3.95. The number of imidazole rings is 1. The molecule has 1 saturated heterocycles. The van der Waals surface area contributed by atoms with E-state index in [2.05, 4.69) is 45.8 Å². The molecule has 9 nitrogen and oxygen atoms in total. The first kappa shape index (κ1) is 26.9. The van der Waals surface area contributed by atoms with Crippen LogP contribution in [0.5, 0.6) is 11.5 Å². The summed E-state index contributed by atoms with van der Waals surface area (Å²) < 4.78 is 15.0. The molecule has 0 radical (unpaired) electrons. The number of allylic oxidation sites excluding steroid dienone is 2. The topological polar surface area (TPSA) is 84.2 Å². The number of hydrogen-bond donors (Lipinski definition) is 1. The number of amides is 1. The number of ether oxygens (including phenoxy) is 2. The van der Waals surface area contributed by atoms with Gasteiger partial charge in [-0.05, 0) is 62.4 Å². The normalized spacial score (nSPS) is 24.1. The molecule has 9 heteroatoms. The maximum absolute atomic E-state index is 12.8. The summed E-state index contributed by atoms with van der Waals surface area (Å²) in [6, 6.07) is 14.1. The van der Waals surface area contributed by atoms with E-state index in [0.29, 0.717) is 17.4 Å². The van der Waals surface area contributed by atoms with E-state index in [9.17, 15) is 4.79 Å². The SMILES string of the molecule is C[C@@H]1CN(CCn2c(NCC3CC3)nc3c(Oc4ccccc4)c(C4=CN(C)C(=O)C5=NC=CC45)ccc32)C[C@H](C)O1. The van der Waals surface area contributed by atoms with Gasteiger partial charge in [0.05, 0.1) is 23.6 Å². The van der Waals surface area contributed by atoms with Crippen LogP contribution in [0.3, 0.4) is 0 Å². The molecule has 2 aromatic carbocycles. The van der Waals surface area contributed by atoms with E-state index in [0.717, 1.165) is 66.6 Å². The number of morpholine rings is 1. The third-order valence-corrected chi connectivity index (χ3v) is 8.52. The summed E-state index contributed by atoms with van der Waals surface area (Å²) in [5, 5.41) is 3.67. The summed E-state index contributed by atoms with van der Waals surface area (Å²) in [6.45, 7) is 8.76. The Bertz CT molecular complexity index is 1580. The highest BCUT2D eigenvalue weighted by atomic mass is 16.5. The zero-order valence-electron chi connectivity index (χ0n) is 24.5.